The average molecular weight is 496 g/mol. The summed E-state index contributed by atoms with van der Waals surface area (Å²) in [6.45, 7) is 4.86. The summed E-state index contributed by atoms with van der Waals surface area (Å²) < 4.78 is 37.2. The number of hydrogen-bond donors (Lipinski definition) is 0. The van der Waals surface area contributed by atoms with Crippen LogP contribution >= 0.6 is 0 Å². The number of hydrogen-bond acceptors (Lipinski definition) is 12. The van der Waals surface area contributed by atoms with Crippen LogP contribution in [0.2, 0.25) is 0 Å². The Bertz CT molecular complexity index is 914. The molecule has 0 spiro atoms. The highest BCUT2D eigenvalue weighted by Gasteiger charge is 2.56. The minimum atomic E-state index is -1.65. The number of carbonyl (C=O) groups is 5. The van der Waals surface area contributed by atoms with Gasteiger partial charge in [-0.2, -0.15) is 0 Å². The summed E-state index contributed by atoms with van der Waals surface area (Å²) in [5.41, 5.74) is 0.372. The normalized spacial score (nSPS) is 24.4. The summed E-state index contributed by atoms with van der Waals surface area (Å²) in [5, 5.41) is 0. The maximum absolute atomic E-state index is 12.7. The molecule has 1 saturated heterocycles. The lowest BCUT2D eigenvalue weighted by Gasteiger charge is -2.43. The molecule has 12 heteroatoms. The third-order valence-electron chi connectivity index (χ3n) is 4.71. The Balaban J connectivity index is 2.56. The van der Waals surface area contributed by atoms with E-state index in [2.05, 4.69) is 0 Å². The van der Waals surface area contributed by atoms with Crippen molar-refractivity contribution in [2.24, 2.45) is 0 Å². The van der Waals surface area contributed by atoms with Gasteiger partial charge in [0, 0.05) is 20.8 Å². The van der Waals surface area contributed by atoms with Gasteiger partial charge in [-0.1, -0.05) is 30.3 Å². The van der Waals surface area contributed by atoms with Gasteiger partial charge in [-0.3, -0.25) is 14.4 Å². The van der Waals surface area contributed by atoms with Crippen molar-refractivity contribution in [1.29, 1.82) is 0 Å². The molecular formula is C23H28O12. The standard InChI is InChI=1S/C23H28O12/c1-6-30-22(28)16(15-10-8-7-9-11-15)34-23-20(33-14(4)26)18(32-13(3)25)17(31-12(2)24)19(35-23)21(27)29-5/h7-11,16-20,23H,6H2,1-5H3/t16-,17-,18+,19+,20+,23-/m0/s1. The number of carbonyl (C=O) groups excluding carboxylic acids is 5. The van der Waals surface area contributed by atoms with E-state index in [-0.39, 0.29) is 6.61 Å². The maximum atomic E-state index is 12.7. The van der Waals surface area contributed by atoms with Crippen molar-refractivity contribution in [3.8, 4) is 0 Å². The first-order valence-corrected chi connectivity index (χ1v) is 10.7. The number of rotatable bonds is 9. The molecule has 6 atom stereocenters. The van der Waals surface area contributed by atoms with Crippen molar-refractivity contribution < 1.29 is 57.1 Å². The summed E-state index contributed by atoms with van der Waals surface area (Å²) in [4.78, 5) is 60.8. The minimum absolute atomic E-state index is 0.0415. The first kappa shape index (κ1) is 27.7. The average Bonchev–Trinajstić information content (AvgIpc) is 2.79. The van der Waals surface area contributed by atoms with Crippen LogP contribution in [-0.2, 0) is 57.1 Å². The van der Waals surface area contributed by atoms with E-state index in [1.165, 1.54) is 0 Å². The Hall–Kier alpha value is -3.51. The lowest BCUT2D eigenvalue weighted by molar-refractivity contribution is -0.310. The molecule has 1 aromatic rings. The monoisotopic (exact) mass is 496 g/mol. The second-order valence-electron chi connectivity index (χ2n) is 7.35. The molecule has 0 aromatic heterocycles. The Morgan fingerprint density at radius 1 is 0.857 bits per heavy atom. The van der Waals surface area contributed by atoms with Gasteiger partial charge in [0.15, 0.2) is 30.5 Å². The van der Waals surface area contributed by atoms with Crippen LogP contribution in [0, 0.1) is 0 Å². The Labute approximate surface area is 201 Å². The van der Waals surface area contributed by atoms with E-state index in [0.717, 1.165) is 27.9 Å². The van der Waals surface area contributed by atoms with E-state index in [4.69, 9.17) is 33.2 Å². The lowest BCUT2D eigenvalue weighted by Crippen LogP contribution is -2.64. The van der Waals surface area contributed by atoms with Crippen molar-refractivity contribution in [1.82, 2.24) is 0 Å². The fourth-order valence-corrected chi connectivity index (χ4v) is 3.44. The van der Waals surface area contributed by atoms with E-state index in [1.54, 1.807) is 37.3 Å². The Morgan fingerprint density at radius 2 is 1.40 bits per heavy atom. The minimum Gasteiger partial charge on any atom is -0.467 e. The van der Waals surface area contributed by atoms with Gasteiger partial charge in [0.25, 0.3) is 0 Å². The molecule has 12 nitrogen and oxygen atoms in total. The van der Waals surface area contributed by atoms with Gasteiger partial charge in [0.2, 0.25) is 6.29 Å². The van der Waals surface area contributed by atoms with Crippen LogP contribution < -0.4 is 0 Å². The van der Waals surface area contributed by atoms with E-state index in [9.17, 15) is 24.0 Å². The van der Waals surface area contributed by atoms with Crippen LogP contribution in [0.4, 0.5) is 0 Å². The molecule has 1 aliphatic rings. The van der Waals surface area contributed by atoms with E-state index < -0.39 is 66.7 Å². The SMILES string of the molecule is CCOC(=O)[C@@H](O[C@H]1O[C@@H](C(=O)OC)[C@@H](OC(C)=O)[C@@H](OC(C)=O)[C@H]1OC(C)=O)c1ccccc1. The fourth-order valence-electron chi connectivity index (χ4n) is 3.44. The van der Waals surface area contributed by atoms with Crippen LogP contribution in [0.15, 0.2) is 30.3 Å². The molecular weight excluding hydrogens is 468 g/mol. The van der Waals surface area contributed by atoms with Crippen molar-refractivity contribution in [3.05, 3.63) is 35.9 Å². The first-order chi connectivity index (χ1) is 16.6. The summed E-state index contributed by atoms with van der Waals surface area (Å²) in [7, 11) is 1.07. The molecule has 0 radical (unpaired) electrons. The lowest BCUT2D eigenvalue weighted by atomic mass is 9.97. The Morgan fingerprint density at radius 3 is 1.91 bits per heavy atom. The number of ether oxygens (including phenoxy) is 7. The van der Waals surface area contributed by atoms with Crippen LogP contribution in [0.1, 0.15) is 39.4 Å². The smallest absolute Gasteiger partial charge is 0.340 e. The maximum Gasteiger partial charge on any atom is 0.340 e. The van der Waals surface area contributed by atoms with Gasteiger partial charge < -0.3 is 33.2 Å². The fraction of sp³-hybridized carbons (Fsp3) is 0.522. The third kappa shape index (κ3) is 7.49. The summed E-state index contributed by atoms with van der Waals surface area (Å²) in [6, 6.07) is 8.22. The van der Waals surface area contributed by atoms with Gasteiger partial charge in [-0.15, -0.1) is 0 Å². The molecule has 1 fully saturated rings. The predicted octanol–water partition coefficient (Wildman–Crippen LogP) is 1.00. The largest absolute Gasteiger partial charge is 0.467 e. The zero-order chi connectivity index (χ0) is 26.1. The molecule has 35 heavy (non-hydrogen) atoms. The van der Waals surface area contributed by atoms with Gasteiger partial charge >= 0.3 is 29.8 Å². The second-order valence-corrected chi connectivity index (χ2v) is 7.35. The quantitative estimate of drug-likeness (QED) is 0.354. The van der Waals surface area contributed by atoms with Gasteiger partial charge in [-0.05, 0) is 12.5 Å². The topological polar surface area (TPSA) is 150 Å². The van der Waals surface area contributed by atoms with Crippen molar-refractivity contribution in [2.75, 3.05) is 13.7 Å². The Kier molecular flexibility index (Phi) is 10.2. The predicted molar refractivity (Wildman–Crippen MR) is 114 cm³/mol. The third-order valence-corrected chi connectivity index (χ3v) is 4.71. The molecule has 0 amide bonds. The molecule has 2 rings (SSSR count). The van der Waals surface area contributed by atoms with Crippen LogP contribution in [-0.4, -0.2) is 74.3 Å². The first-order valence-electron chi connectivity index (χ1n) is 10.7. The van der Waals surface area contributed by atoms with E-state index >= 15 is 0 Å². The van der Waals surface area contributed by atoms with Crippen LogP contribution in [0.3, 0.4) is 0 Å². The van der Waals surface area contributed by atoms with Gasteiger partial charge in [-0.25, -0.2) is 9.59 Å². The molecule has 0 N–H and O–H groups in total. The highest BCUT2D eigenvalue weighted by molar-refractivity contribution is 5.78. The highest BCUT2D eigenvalue weighted by atomic mass is 16.7. The molecule has 0 bridgehead atoms. The van der Waals surface area contributed by atoms with Crippen molar-refractivity contribution in [3.63, 3.8) is 0 Å². The van der Waals surface area contributed by atoms with E-state index in [0.29, 0.717) is 5.56 Å². The van der Waals surface area contributed by atoms with Crippen LogP contribution in [0.25, 0.3) is 0 Å². The molecule has 0 aliphatic carbocycles. The highest BCUT2D eigenvalue weighted by Crippen LogP contribution is 2.33. The van der Waals surface area contributed by atoms with E-state index in [1.807, 2.05) is 0 Å². The molecule has 0 saturated carbocycles. The van der Waals surface area contributed by atoms with Gasteiger partial charge in [0.1, 0.15) is 0 Å². The van der Waals surface area contributed by atoms with Crippen molar-refractivity contribution in [2.45, 2.75) is 64.5 Å². The van der Waals surface area contributed by atoms with Crippen molar-refractivity contribution >= 4 is 29.8 Å². The molecule has 192 valence electrons. The molecule has 0 unspecified atom stereocenters. The van der Waals surface area contributed by atoms with Crippen LogP contribution in [0.5, 0.6) is 0 Å². The summed E-state index contributed by atoms with van der Waals surface area (Å²) in [6.07, 6.45) is -9.30. The van der Waals surface area contributed by atoms with Gasteiger partial charge in [0.05, 0.1) is 13.7 Å². The molecule has 1 aromatic carbocycles. The summed E-state index contributed by atoms with van der Waals surface area (Å²) in [5.74, 6) is -4.27. The number of methoxy groups -OCH3 is 1. The number of benzene rings is 1. The zero-order valence-electron chi connectivity index (χ0n) is 20.0. The molecule has 1 aliphatic heterocycles. The number of esters is 5. The zero-order valence-corrected chi connectivity index (χ0v) is 20.0. The second kappa shape index (κ2) is 12.8. The summed E-state index contributed by atoms with van der Waals surface area (Å²) >= 11 is 0. The molecule has 1 heterocycles.